The molecule has 2 rings (SSSR count). The summed E-state index contributed by atoms with van der Waals surface area (Å²) < 4.78 is 5.17. The van der Waals surface area contributed by atoms with Gasteiger partial charge in [-0.3, -0.25) is 4.79 Å². The van der Waals surface area contributed by atoms with E-state index >= 15 is 0 Å². The molecular weight excluding hydrogens is 326 g/mol. The van der Waals surface area contributed by atoms with Crippen LogP contribution in [0.3, 0.4) is 0 Å². The van der Waals surface area contributed by atoms with Gasteiger partial charge in [-0.05, 0) is 49.5 Å². The van der Waals surface area contributed by atoms with Gasteiger partial charge in [-0.2, -0.15) is 0 Å². The zero-order chi connectivity index (χ0) is 17.5. The zero-order valence-corrected chi connectivity index (χ0v) is 14.9. The molecule has 0 spiro atoms. The predicted molar refractivity (Wildman–Crippen MR) is 95.6 cm³/mol. The highest BCUT2D eigenvalue weighted by Gasteiger charge is 2.25. The molecule has 24 heavy (non-hydrogen) atoms. The Balaban J connectivity index is 1.81. The van der Waals surface area contributed by atoms with Crippen molar-refractivity contribution in [3.05, 3.63) is 40.9 Å². The lowest BCUT2D eigenvalue weighted by atomic mass is 9.86. The monoisotopic (exact) mass is 349 g/mol. The minimum atomic E-state index is -0.804. The van der Waals surface area contributed by atoms with Crippen molar-refractivity contribution in [2.24, 2.45) is 5.92 Å². The maximum atomic E-state index is 12.2. The first kappa shape index (κ1) is 18.5. The molecule has 0 bridgehead atoms. The van der Waals surface area contributed by atoms with Gasteiger partial charge in [-0.25, -0.2) is 4.79 Å². The Morgan fingerprint density at radius 1 is 1.25 bits per heavy atom. The smallest absolute Gasteiger partial charge is 0.331 e. The van der Waals surface area contributed by atoms with E-state index in [9.17, 15) is 9.59 Å². The summed E-state index contributed by atoms with van der Waals surface area (Å²) in [6.07, 6.45) is 6.61. The highest BCUT2D eigenvalue weighted by Crippen LogP contribution is 2.23. The Bertz CT molecular complexity index is 597. The number of carbonyl (C=O) groups excluding carboxylic acids is 2. The molecule has 0 radical (unpaired) electrons. The van der Waals surface area contributed by atoms with E-state index in [0.717, 1.165) is 24.8 Å². The molecule has 1 aromatic rings. The number of ether oxygens (including phenoxy) is 1. The van der Waals surface area contributed by atoms with Gasteiger partial charge in [-0.15, -0.1) is 0 Å². The topological polar surface area (TPSA) is 55.4 Å². The molecule has 1 aromatic carbocycles. The van der Waals surface area contributed by atoms with Crippen molar-refractivity contribution in [2.45, 2.75) is 51.7 Å². The van der Waals surface area contributed by atoms with Crippen LogP contribution in [0.25, 0.3) is 6.08 Å². The summed E-state index contributed by atoms with van der Waals surface area (Å²) in [5.74, 6) is -0.304. The number of hydrogen-bond acceptors (Lipinski definition) is 3. The van der Waals surface area contributed by atoms with Crippen LogP contribution in [-0.2, 0) is 14.3 Å². The van der Waals surface area contributed by atoms with Crippen LogP contribution < -0.4 is 5.32 Å². The van der Waals surface area contributed by atoms with Gasteiger partial charge in [0, 0.05) is 17.1 Å². The molecule has 1 amide bonds. The number of rotatable bonds is 5. The molecule has 1 fully saturated rings. The van der Waals surface area contributed by atoms with Crippen LogP contribution in [0.1, 0.15) is 45.1 Å². The number of esters is 1. The van der Waals surface area contributed by atoms with E-state index in [1.807, 2.05) is 0 Å². The molecule has 5 heteroatoms. The fourth-order valence-electron chi connectivity index (χ4n) is 2.84. The lowest BCUT2D eigenvalue weighted by molar-refractivity contribution is -0.150. The van der Waals surface area contributed by atoms with Crippen molar-refractivity contribution in [1.29, 1.82) is 0 Å². The van der Waals surface area contributed by atoms with Crippen LogP contribution in [0.2, 0.25) is 5.02 Å². The summed E-state index contributed by atoms with van der Waals surface area (Å²) in [6.45, 7) is 3.74. The Hall–Kier alpha value is -1.81. The Morgan fingerprint density at radius 3 is 2.58 bits per heavy atom. The van der Waals surface area contributed by atoms with Gasteiger partial charge in [-0.1, -0.05) is 43.5 Å². The molecular formula is C19H24ClNO3. The second-order valence-electron chi connectivity index (χ2n) is 6.34. The van der Waals surface area contributed by atoms with Crippen molar-refractivity contribution in [1.82, 2.24) is 5.32 Å². The normalized spacial score (nSPS) is 22.1. The van der Waals surface area contributed by atoms with Crippen LogP contribution in [-0.4, -0.2) is 24.0 Å². The molecule has 0 aromatic heterocycles. The molecule has 0 heterocycles. The Kier molecular flexibility index (Phi) is 6.85. The number of hydrogen-bond donors (Lipinski definition) is 1. The van der Waals surface area contributed by atoms with Gasteiger partial charge in [0.05, 0.1) is 0 Å². The minimum absolute atomic E-state index is 0.178. The SMILES string of the molecule is CC(OC(=O)/C=C/c1ccc(Cl)cc1)C(=O)NC1CCCCC1C. The van der Waals surface area contributed by atoms with Gasteiger partial charge >= 0.3 is 5.97 Å². The zero-order valence-electron chi connectivity index (χ0n) is 14.1. The highest BCUT2D eigenvalue weighted by atomic mass is 35.5. The molecule has 1 saturated carbocycles. The summed E-state index contributed by atoms with van der Waals surface area (Å²) in [7, 11) is 0. The van der Waals surface area contributed by atoms with E-state index < -0.39 is 12.1 Å². The molecule has 130 valence electrons. The molecule has 1 aliphatic carbocycles. The van der Waals surface area contributed by atoms with Crippen molar-refractivity contribution in [3.8, 4) is 0 Å². The van der Waals surface area contributed by atoms with Crippen molar-refractivity contribution < 1.29 is 14.3 Å². The fraction of sp³-hybridized carbons (Fsp3) is 0.474. The van der Waals surface area contributed by atoms with Crippen molar-refractivity contribution in [3.63, 3.8) is 0 Å². The number of halogens is 1. The van der Waals surface area contributed by atoms with Crippen LogP contribution in [0.5, 0.6) is 0 Å². The average molecular weight is 350 g/mol. The van der Waals surface area contributed by atoms with Gasteiger partial charge in [0.2, 0.25) is 0 Å². The summed E-state index contributed by atoms with van der Waals surface area (Å²) in [5.41, 5.74) is 0.837. The number of nitrogens with one attached hydrogen (secondary N) is 1. The van der Waals surface area contributed by atoms with Crippen molar-refractivity contribution >= 4 is 29.6 Å². The van der Waals surface area contributed by atoms with Gasteiger partial charge in [0.25, 0.3) is 5.91 Å². The maximum Gasteiger partial charge on any atom is 0.331 e. The Morgan fingerprint density at radius 2 is 1.92 bits per heavy atom. The van der Waals surface area contributed by atoms with Gasteiger partial charge in [0.1, 0.15) is 0 Å². The van der Waals surface area contributed by atoms with E-state index in [-0.39, 0.29) is 11.9 Å². The van der Waals surface area contributed by atoms with Gasteiger partial charge in [0.15, 0.2) is 6.10 Å². The third kappa shape index (κ3) is 5.68. The average Bonchev–Trinajstić information content (AvgIpc) is 2.56. The largest absolute Gasteiger partial charge is 0.449 e. The summed E-state index contributed by atoms with van der Waals surface area (Å²) in [5, 5.41) is 3.63. The van der Waals surface area contributed by atoms with E-state index in [1.54, 1.807) is 37.3 Å². The first-order valence-electron chi connectivity index (χ1n) is 8.40. The van der Waals surface area contributed by atoms with E-state index in [1.165, 1.54) is 12.5 Å². The van der Waals surface area contributed by atoms with E-state index in [4.69, 9.17) is 16.3 Å². The summed E-state index contributed by atoms with van der Waals surface area (Å²) >= 11 is 5.81. The lowest BCUT2D eigenvalue weighted by Gasteiger charge is -2.30. The van der Waals surface area contributed by atoms with E-state index in [0.29, 0.717) is 10.9 Å². The fourth-order valence-corrected chi connectivity index (χ4v) is 2.96. The molecule has 0 aliphatic heterocycles. The number of carbonyl (C=O) groups is 2. The standard InChI is InChI=1S/C19H24ClNO3/c1-13-5-3-4-6-17(13)21-19(23)14(2)24-18(22)12-9-15-7-10-16(20)11-8-15/h7-14,17H,3-6H2,1-2H3,(H,21,23)/b12-9+. The summed E-state index contributed by atoms with van der Waals surface area (Å²) in [4.78, 5) is 24.0. The second kappa shape index (κ2) is 8.88. The van der Waals surface area contributed by atoms with E-state index in [2.05, 4.69) is 12.2 Å². The molecule has 0 saturated heterocycles. The Labute approximate surface area is 148 Å². The van der Waals surface area contributed by atoms with Crippen LogP contribution in [0.4, 0.5) is 0 Å². The third-order valence-electron chi connectivity index (χ3n) is 4.38. The first-order chi connectivity index (χ1) is 11.5. The van der Waals surface area contributed by atoms with Crippen LogP contribution in [0.15, 0.2) is 30.3 Å². The van der Waals surface area contributed by atoms with Gasteiger partial charge < -0.3 is 10.1 Å². The first-order valence-corrected chi connectivity index (χ1v) is 8.78. The molecule has 3 atom stereocenters. The highest BCUT2D eigenvalue weighted by molar-refractivity contribution is 6.30. The van der Waals surface area contributed by atoms with Crippen LogP contribution >= 0.6 is 11.6 Å². The minimum Gasteiger partial charge on any atom is -0.449 e. The summed E-state index contributed by atoms with van der Waals surface area (Å²) in [6, 6.07) is 7.26. The quantitative estimate of drug-likeness (QED) is 0.646. The number of amides is 1. The lowest BCUT2D eigenvalue weighted by Crippen LogP contribution is -2.45. The number of benzene rings is 1. The predicted octanol–water partition coefficient (Wildman–Crippen LogP) is 3.98. The van der Waals surface area contributed by atoms with Crippen molar-refractivity contribution in [2.75, 3.05) is 0 Å². The maximum absolute atomic E-state index is 12.2. The molecule has 4 nitrogen and oxygen atoms in total. The molecule has 1 aliphatic rings. The molecule has 1 N–H and O–H groups in total. The molecule has 3 unspecified atom stereocenters. The second-order valence-corrected chi connectivity index (χ2v) is 6.78. The van der Waals surface area contributed by atoms with Crippen LogP contribution in [0, 0.1) is 5.92 Å². The third-order valence-corrected chi connectivity index (χ3v) is 4.64.